The molecule has 19 heavy (non-hydrogen) atoms. The van der Waals surface area contributed by atoms with Gasteiger partial charge in [-0.2, -0.15) is 0 Å². The largest absolute Gasteiger partial charge is 0.393 e. The Kier molecular flexibility index (Phi) is 3.90. The molecule has 1 fully saturated rings. The Morgan fingerprint density at radius 3 is 2.79 bits per heavy atom. The summed E-state index contributed by atoms with van der Waals surface area (Å²) < 4.78 is 0. The Morgan fingerprint density at radius 2 is 2.26 bits per heavy atom. The number of aliphatic hydroxyl groups excluding tert-OH is 1. The number of rotatable bonds is 4. The van der Waals surface area contributed by atoms with E-state index in [0.29, 0.717) is 12.2 Å². The zero-order valence-corrected chi connectivity index (χ0v) is 10.9. The molecule has 1 saturated carbocycles. The molecular weight excluding hydrogens is 246 g/mol. The van der Waals surface area contributed by atoms with Crippen molar-refractivity contribution in [3.05, 3.63) is 23.5 Å². The molecule has 1 aromatic heterocycles. The Hall–Kier alpha value is -1.82. The fraction of sp³-hybridized carbons (Fsp3) is 0.538. The van der Waals surface area contributed by atoms with Crippen LogP contribution >= 0.6 is 0 Å². The molecule has 0 aliphatic heterocycles. The van der Waals surface area contributed by atoms with Crippen LogP contribution in [0.15, 0.2) is 12.3 Å². The third-order valence-corrected chi connectivity index (χ3v) is 3.67. The summed E-state index contributed by atoms with van der Waals surface area (Å²) in [5.74, 6) is -0.629. The molecule has 0 saturated heterocycles. The van der Waals surface area contributed by atoms with Gasteiger partial charge in [-0.15, -0.1) is 0 Å². The van der Waals surface area contributed by atoms with E-state index in [4.69, 9.17) is 5.73 Å². The first kappa shape index (κ1) is 13.6. The summed E-state index contributed by atoms with van der Waals surface area (Å²) in [7, 11) is 1.69. The number of nitrogens with one attached hydrogen (secondary N) is 1. The van der Waals surface area contributed by atoms with E-state index < -0.39 is 5.91 Å². The molecule has 2 unspecified atom stereocenters. The number of amides is 2. The van der Waals surface area contributed by atoms with Gasteiger partial charge in [0.05, 0.1) is 11.7 Å². The van der Waals surface area contributed by atoms with Gasteiger partial charge in [0.15, 0.2) is 0 Å². The van der Waals surface area contributed by atoms with E-state index in [1.165, 1.54) is 12.3 Å². The first-order valence-corrected chi connectivity index (χ1v) is 6.40. The molecule has 2 amide bonds. The summed E-state index contributed by atoms with van der Waals surface area (Å²) >= 11 is 0. The summed E-state index contributed by atoms with van der Waals surface area (Å²) in [6.45, 7) is 0.519. The maximum atomic E-state index is 12.1. The molecule has 0 spiro atoms. The molecule has 4 N–H and O–H groups in total. The van der Waals surface area contributed by atoms with Gasteiger partial charge in [-0.1, -0.05) is 6.42 Å². The number of carbonyl (C=O) groups is 2. The standard InChI is InChI=1S/C13H19N3O3/c1-16(7-8-3-2-4-11(8)17)13(19)10-5-9(6-15-10)12(14)18/h5-6,8,11,15,17H,2-4,7H2,1H3,(H2,14,18). The van der Waals surface area contributed by atoms with Gasteiger partial charge in [-0.25, -0.2) is 0 Å². The molecule has 1 aliphatic carbocycles. The van der Waals surface area contributed by atoms with Crippen LogP contribution in [0.5, 0.6) is 0 Å². The van der Waals surface area contributed by atoms with Crippen LogP contribution in [0.3, 0.4) is 0 Å². The Balaban J connectivity index is 1.99. The van der Waals surface area contributed by atoms with Crippen LogP contribution in [0, 0.1) is 5.92 Å². The van der Waals surface area contributed by atoms with Crippen molar-refractivity contribution < 1.29 is 14.7 Å². The van der Waals surface area contributed by atoms with Crippen LogP contribution in [-0.2, 0) is 0 Å². The monoisotopic (exact) mass is 265 g/mol. The highest BCUT2D eigenvalue weighted by Crippen LogP contribution is 2.26. The lowest BCUT2D eigenvalue weighted by Crippen LogP contribution is -2.34. The van der Waals surface area contributed by atoms with E-state index in [1.54, 1.807) is 11.9 Å². The van der Waals surface area contributed by atoms with Crippen LogP contribution in [0.25, 0.3) is 0 Å². The molecule has 1 aliphatic rings. The minimum atomic E-state index is -0.566. The van der Waals surface area contributed by atoms with Crippen molar-refractivity contribution >= 4 is 11.8 Å². The molecule has 0 radical (unpaired) electrons. The molecule has 104 valence electrons. The van der Waals surface area contributed by atoms with Crippen LogP contribution in [0.4, 0.5) is 0 Å². The minimum Gasteiger partial charge on any atom is -0.393 e. The molecule has 0 bridgehead atoms. The van der Waals surface area contributed by atoms with Gasteiger partial charge in [-0.3, -0.25) is 9.59 Å². The number of nitrogens with two attached hydrogens (primary N) is 1. The second kappa shape index (κ2) is 5.44. The molecule has 2 atom stereocenters. The first-order valence-electron chi connectivity index (χ1n) is 6.40. The Morgan fingerprint density at radius 1 is 1.53 bits per heavy atom. The smallest absolute Gasteiger partial charge is 0.270 e. The number of carbonyl (C=O) groups excluding carboxylic acids is 2. The predicted molar refractivity (Wildman–Crippen MR) is 69.6 cm³/mol. The number of aliphatic hydroxyl groups is 1. The molecular formula is C13H19N3O3. The third kappa shape index (κ3) is 2.96. The van der Waals surface area contributed by atoms with Gasteiger partial charge in [0.2, 0.25) is 5.91 Å². The summed E-state index contributed by atoms with van der Waals surface area (Å²) in [6, 6.07) is 1.45. The maximum Gasteiger partial charge on any atom is 0.270 e. The van der Waals surface area contributed by atoms with Gasteiger partial charge in [-0.05, 0) is 18.9 Å². The lowest BCUT2D eigenvalue weighted by atomic mass is 10.1. The van der Waals surface area contributed by atoms with Crippen molar-refractivity contribution in [1.82, 2.24) is 9.88 Å². The number of aromatic nitrogens is 1. The average molecular weight is 265 g/mol. The van der Waals surface area contributed by atoms with Gasteiger partial charge in [0.1, 0.15) is 5.69 Å². The highest BCUT2D eigenvalue weighted by Gasteiger charge is 2.28. The summed E-state index contributed by atoms with van der Waals surface area (Å²) in [6.07, 6.45) is 3.85. The number of hydrogen-bond donors (Lipinski definition) is 3. The van der Waals surface area contributed by atoms with Crippen molar-refractivity contribution in [1.29, 1.82) is 0 Å². The number of aromatic amines is 1. The molecule has 1 aromatic rings. The van der Waals surface area contributed by atoms with Crippen molar-refractivity contribution in [3.8, 4) is 0 Å². The quantitative estimate of drug-likeness (QED) is 0.732. The zero-order valence-electron chi connectivity index (χ0n) is 10.9. The molecule has 0 aromatic carbocycles. The van der Waals surface area contributed by atoms with E-state index in [9.17, 15) is 14.7 Å². The summed E-state index contributed by atoms with van der Waals surface area (Å²) in [5.41, 5.74) is 5.76. The van der Waals surface area contributed by atoms with E-state index in [-0.39, 0.29) is 23.5 Å². The maximum absolute atomic E-state index is 12.1. The normalized spacial score (nSPS) is 22.4. The van der Waals surface area contributed by atoms with E-state index in [0.717, 1.165) is 19.3 Å². The molecule has 6 nitrogen and oxygen atoms in total. The predicted octanol–water partition coefficient (Wildman–Crippen LogP) is 0.347. The Bertz CT molecular complexity index is 483. The minimum absolute atomic E-state index is 0.138. The second-order valence-corrected chi connectivity index (χ2v) is 5.11. The molecule has 1 heterocycles. The fourth-order valence-corrected chi connectivity index (χ4v) is 2.53. The van der Waals surface area contributed by atoms with Crippen molar-refractivity contribution in [3.63, 3.8) is 0 Å². The topological polar surface area (TPSA) is 99.4 Å². The van der Waals surface area contributed by atoms with E-state index in [1.807, 2.05) is 0 Å². The van der Waals surface area contributed by atoms with Crippen LogP contribution < -0.4 is 5.73 Å². The highest BCUT2D eigenvalue weighted by atomic mass is 16.3. The summed E-state index contributed by atoms with van der Waals surface area (Å²) in [4.78, 5) is 27.4. The Labute approximate surface area is 111 Å². The van der Waals surface area contributed by atoms with Crippen LogP contribution in [0.1, 0.15) is 40.1 Å². The van der Waals surface area contributed by atoms with Crippen molar-refractivity contribution in [2.45, 2.75) is 25.4 Å². The molecule has 6 heteroatoms. The third-order valence-electron chi connectivity index (χ3n) is 3.67. The van der Waals surface area contributed by atoms with Gasteiger partial charge in [0.25, 0.3) is 5.91 Å². The van der Waals surface area contributed by atoms with Gasteiger partial charge in [0, 0.05) is 25.7 Å². The lowest BCUT2D eigenvalue weighted by Gasteiger charge is -2.22. The van der Waals surface area contributed by atoms with Crippen molar-refractivity contribution in [2.75, 3.05) is 13.6 Å². The second-order valence-electron chi connectivity index (χ2n) is 5.11. The SMILES string of the molecule is CN(CC1CCCC1O)C(=O)c1cc(C(N)=O)c[nH]1. The highest BCUT2D eigenvalue weighted by molar-refractivity contribution is 5.98. The van der Waals surface area contributed by atoms with Crippen molar-refractivity contribution in [2.24, 2.45) is 11.7 Å². The number of H-pyrrole nitrogens is 1. The van der Waals surface area contributed by atoms with Gasteiger partial charge < -0.3 is 20.7 Å². The van der Waals surface area contributed by atoms with Crippen LogP contribution in [-0.4, -0.2) is 46.5 Å². The number of hydrogen-bond acceptors (Lipinski definition) is 3. The lowest BCUT2D eigenvalue weighted by molar-refractivity contribution is 0.0689. The van der Waals surface area contributed by atoms with E-state index >= 15 is 0 Å². The fourth-order valence-electron chi connectivity index (χ4n) is 2.53. The first-order chi connectivity index (χ1) is 8.99. The average Bonchev–Trinajstić information content (AvgIpc) is 2.98. The number of nitrogens with zero attached hydrogens (tertiary/aromatic N) is 1. The summed E-state index contributed by atoms with van der Waals surface area (Å²) in [5, 5.41) is 9.76. The van der Waals surface area contributed by atoms with E-state index in [2.05, 4.69) is 4.98 Å². The van der Waals surface area contributed by atoms with Gasteiger partial charge >= 0.3 is 0 Å². The molecule has 2 rings (SSSR count). The number of primary amides is 1. The zero-order chi connectivity index (χ0) is 14.0. The van der Waals surface area contributed by atoms with Crippen LogP contribution in [0.2, 0.25) is 0 Å².